The molecule has 0 saturated carbocycles. The van der Waals surface area contributed by atoms with E-state index in [4.69, 9.17) is 5.11 Å². The molecule has 0 radical (unpaired) electrons. The monoisotopic (exact) mass is 194 g/mol. The van der Waals surface area contributed by atoms with Crippen molar-refractivity contribution in [3.05, 3.63) is 0 Å². The average Bonchev–Trinajstić information content (AvgIpc) is 2.06. The Kier molecular flexibility index (Phi) is 4.78. The fraction of sp³-hybridized carbons (Fsp3) is 1.00. The first-order chi connectivity index (χ1) is 5.44. The summed E-state index contributed by atoms with van der Waals surface area (Å²) in [4.78, 5) is 0. The van der Waals surface area contributed by atoms with Crippen molar-refractivity contribution in [3.63, 3.8) is 0 Å². The molecular formula is C8H18O3S. The Morgan fingerprint density at radius 1 is 1.42 bits per heavy atom. The van der Waals surface area contributed by atoms with Crippen LogP contribution in [0.2, 0.25) is 0 Å². The summed E-state index contributed by atoms with van der Waals surface area (Å²) >= 11 is 0. The van der Waals surface area contributed by atoms with Gasteiger partial charge >= 0.3 is 0 Å². The van der Waals surface area contributed by atoms with Gasteiger partial charge in [-0.1, -0.05) is 6.92 Å². The molecule has 0 aromatic heterocycles. The van der Waals surface area contributed by atoms with Crippen molar-refractivity contribution < 1.29 is 13.5 Å². The summed E-state index contributed by atoms with van der Waals surface area (Å²) in [5, 5.41) is 7.48. The van der Waals surface area contributed by atoms with Gasteiger partial charge in [-0.15, -0.1) is 0 Å². The number of hydrogen-bond acceptors (Lipinski definition) is 3. The van der Waals surface area contributed by atoms with Gasteiger partial charge in [0.05, 0.1) is 11.0 Å². The lowest BCUT2D eigenvalue weighted by atomic mass is 10.1. The van der Waals surface area contributed by atoms with Crippen LogP contribution in [-0.2, 0) is 9.84 Å². The molecule has 12 heavy (non-hydrogen) atoms. The first kappa shape index (κ1) is 11.9. The zero-order valence-corrected chi connectivity index (χ0v) is 8.76. The van der Waals surface area contributed by atoms with E-state index in [9.17, 15) is 8.42 Å². The summed E-state index contributed by atoms with van der Waals surface area (Å²) < 4.78 is 21.9. The minimum absolute atomic E-state index is 0.0903. The third-order valence-corrected chi connectivity index (χ3v) is 4.32. The fourth-order valence-electron chi connectivity index (χ4n) is 1.34. The van der Waals surface area contributed by atoms with E-state index in [1.165, 1.54) is 0 Å². The highest BCUT2D eigenvalue weighted by Gasteiger charge is 2.31. The Labute approximate surface area is 74.7 Å². The van der Waals surface area contributed by atoms with E-state index in [-0.39, 0.29) is 11.9 Å². The Bertz CT molecular complexity index is 208. The van der Waals surface area contributed by atoms with Crippen LogP contribution in [0.15, 0.2) is 0 Å². The lowest BCUT2D eigenvalue weighted by molar-refractivity contribution is 0.318. The SMILES string of the molecule is CC1CC(C)S(=O)(=O)C1.CCO. The van der Waals surface area contributed by atoms with Crippen molar-refractivity contribution in [2.45, 2.75) is 32.4 Å². The first-order valence-electron chi connectivity index (χ1n) is 4.26. The molecule has 1 N–H and O–H groups in total. The normalized spacial score (nSPS) is 32.3. The van der Waals surface area contributed by atoms with Crippen LogP contribution in [0.4, 0.5) is 0 Å². The van der Waals surface area contributed by atoms with Crippen LogP contribution in [0.3, 0.4) is 0 Å². The van der Waals surface area contributed by atoms with Gasteiger partial charge in [0.1, 0.15) is 0 Å². The number of hydrogen-bond donors (Lipinski definition) is 1. The summed E-state index contributed by atoms with van der Waals surface area (Å²) in [6.45, 7) is 5.71. The molecule has 0 aromatic carbocycles. The molecule has 2 unspecified atom stereocenters. The van der Waals surface area contributed by atoms with E-state index in [0.717, 1.165) is 6.42 Å². The summed E-state index contributed by atoms with van der Waals surface area (Å²) in [5.41, 5.74) is 0. The van der Waals surface area contributed by atoms with Crippen molar-refractivity contribution in [3.8, 4) is 0 Å². The minimum Gasteiger partial charge on any atom is -0.397 e. The van der Waals surface area contributed by atoms with Crippen LogP contribution in [0, 0.1) is 5.92 Å². The van der Waals surface area contributed by atoms with Gasteiger partial charge in [0.25, 0.3) is 0 Å². The van der Waals surface area contributed by atoms with E-state index < -0.39 is 9.84 Å². The van der Waals surface area contributed by atoms with Gasteiger partial charge in [0.2, 0.25) is 0 Å². The highest BCUT2D eigenvalue weighted by atomic mass is 32.2. The molecule has 4 heteroatoms. The van der Waals surface area contributed by atoms with Crippen LogP contribution >= 0.6 is 0 Å². The van der Waals surface area contributed by atoms with Crippen LogP contribution < -0.4 is 0 Å². The molecule has 1 aliphatic rings. The van der Waals surface area contributed by atoms with E-state index in [1.54, 1.807) is 13.8 Å². The molecule has 2 atom stereocenters. The topological polar surface area (TPSA) is 54.4 Å². The fourth-order valence-corrected chi connectivity index (χ4v) is 3.22. The van der Waals surface area contributed by atoms with Gasteiger partial charge in [-0.05, 0) is 26.2 Å². The molecule has 1 saturated heterocycles. The summed E-state index contributed by atoms with van der Waals surface area (Å²) in [6, 6.07) is 0. The third-order valence-electron chi connectivity index (χ3n) is 1.86. The molecule has 0 aliphatic carbocycles. The predicted molar refractivity (Wildman–Crippen MR) is 49.8 cm³/mol. The van der Waals surface area contributed by atoms with Crippen molar-refractivity contribution >= 4 is 9.84 Å². The standard InChI is InChI=1S/C6H12O2S.C2H6O/c1-5-3-6(2)9(7,8)4-5;1-2-3/h5-6H,3-4H2,1-2H3;3H,2H2,1H3. The van der Waals surface area contributed by atoms with E-state index in [2.05, 4.69) is 0 Å². The second-order valence-corrected chi connectivity index (χ2v) is 5.76. The van der Waals surface area contributed by atoms with Crippen LogP contribution in [0.5, 0.6) is 0 Å². The Morgan fingerprint density at radius 2 is 1.83 bits per heavy atom. The molecule has 1 rings (SSSR count). The molecule has 0 spiro atoms. The van der Waals surface area contributed by atoms with Gasteiger partial charge in [0, 0.05) is 6.61 Å². The number of sulfone groups is 1. The van der Waals surface area contributed by atoms with Crippen LogP contribution in [0.1, 0.15) is 27.2 Å². The van der Waals surface area contributed by atoms with Crippen LogP contribution in [-0.4, -0.2) is 31.1 Å². The third kappa shape index (κ3) is 3.54. The lowest BCUT2D eigenvalue weighted by Crippen LogP contribution is -2.10. The van der Waals surface area contributed by atoms with Crippen molar-refractivity contribution in [1.82, 2.24) is 0 Å². The van der Waals surface area contributed by atoms with Gasteiger partial charge in [-0.2, -0.15) is 0 Å². The number of aliphatic hydroxyl groups is 1. The zero-order chi connectivity index (χ0) is 9.78. The highest BCUT2D eigenvalue weighted by molar-refractivity contribution is 7.92. The molecule has 1 fully saturated rings. The molecule has 3 nitrogen and oxygen atoms in total. The summed E-state index contributed by atoms with van der Waals surface area (Å²) in [6.07, 6.45) is 0.850. The molecule has 0 aromatic rings. The quantitative estimate of drug-likeness (QED) is 0.621. The van der Waals surface area contributed by atoms with Gasteiger partial charge < -0.3 is 5.11 Å². The molecule has 74 valence electrons. The maximum Gasteiger partial charge on any atom is 0.153 e. The van der Waals surface area contributed by atoms with Gasteiger partial charge in [-0.25, -0.2) is 8.42 Å². The largest absolute Gasteiger partial charge is 0.397 e. The van der Waals surface area contributed by atoms with E-state index in [0.29, 0.717) is 11.7 Å². The molecular weight excluding hydrogens is 176 g/mol. The maximum absolute atomic E-state index is 11.0. The van der Waals surface area contributed by atoms with Crippen molar-refractivity contribution in [1.29, 1.82) is 0 Å². The minimum atomic E-state index is -2.67. The number of rotatable bonds is 0. The lowest BCUT2D eigenvalue weighted by Gasteiger charge is -1.96. The highest BCUT2D eigenvalue weighted by Crippen LogP contribution is 2.24. The Morgan fingerprint density at radius 3 is 1.92 bits per heavy atom. The van der Waals surface area contributed by atoms with Gasteiger partial charge in [-0.3, -0.25) is 0 Å². The molecule has 1 heterocycles. The number of aliphatic hydroxyl groups excluding tert-OH is 1. The maximum atomic E-state index is 11.0. The van der Waals surface area contributed by atoms with E-state index in [1.807, 2.05) is 6.92 Å². The average molecular weight is 194 g/mol. The molecule has 0 amide bonds. The van der Waals surface area contributed by atoms with E-state index >= 15 is 0 Å². The molecule has 0 bridgehead atoms. The zero-order valence-electron chi connectivity index (χ0n) is 7.95. The van der Waals surface area contributed by atoms with Crippen molar-refractivity contribution in [2.24, 2.45) is 5.92 Å². The van der Waals surface area contributed by atoms with Gasteiger partial charge in [0.15, 0.2) is 9.84 Å². The second-order valence-electron chi connectivity index (χ2n) is 3.30. The summed E-state index contributed by atoms with van der Waals surface area (Å²) in [5.74, 6) is 0.777. The smallest absolute Gasteiger partial charge is 0.153 e. The first-order valence-corrected chi connectivity index (χ1v) is 5.98. The Hall–Kier alpha value is -0.0900. The predicted octanol–water partition coefficient (Wildman–Crippen LogP) is 0.828. The summed E-state index contributed by atoms with van der Waals surface area (Å²) in [7, 11) is -2.67. The second kappa shape index (κ2) is 4.82. The Balaban J connectivity index is 0.000000354. The van der Waals surface area contributed by atoms with Crippen LogP contribution in [0.25, 0.3) is 0 Å². The molecule has 1 aliphatic heterocycles. The van der Waals surface area contributed by atoms with Crippen molar-refractivity contribution in [2.75, 3.05) is 12.4 Å².